The summed E-state index contributed by atoms with van der Waals surface area (Å²) in [4.78, 5) is 23.5. The summed E-state index contributed by atoms with van der Waals surface area (Å²) in [5, 5.41) is 0. The smallest absolute Gasteiger partial charge is 0.305 e. The third kappa shape index (κ3) is 19.2. The summed E-state index contributed by atoms with van der Waals surface area (Å²) in [5.41, 5.74) is 0. The average molecular weight is 440 g/mol. The average Bonchev–Trinajstić information content (AvgIpc) is 2.63. The summed E-state index contributed by atoms with van der Waals surface area (Å²) in [6.45, 7) is 4.75. The number of rotatable bonds is 19. The summed E-state index contributed by atoms with van der Waals surface area (Å²) in [7, 11) is 1.35. The maximum Gasteiger partial charge on any atom is 0.305 e. The summed E-state index contributed by atoms with van der Waals surface area (Å²) in [5.74, 6) is -0.426. The van der Waals surface area contributed by atoms with Crippen molar-refractivity contribution in [3.8, 4) is 0 Å². The number of carbonyl (C=O) groups is 1. The summed E-state index contributed by atoms with van der Waals surface area (Å²) < 4.78 is 33.0. The van der Waals surface area contributed by atoms with Crippen LogP contribution < -0.4 is 4.89 Å². The van der Waals surface area contributed by atoms with Crippen LogP contribution in [0.25, 0.3) is 0 Å². The van der Waals surface area contributed by atoms with E-state index in [4.69, 9.17) is 18.5 Å². The first kappa shape index (κ1) is 28.5. The van der Waals surface area contributed by atoms with Gasteiger partial charge in [-0.1, -0.05) is 52.4 Å². The van der Waals surface area contributed by atoms with Crippen molar-refractivity contribution in [2.24, 2.45) is 0 Å². The van der Waals surface area contributed by atoms with Crippen LogP contribution in [-0.2, 0) is 27.9 Å². The van der Waals surface area contributed by atoms with E-state index in [0.29, 0.717) is 17.6 Å². The Hall–Kier alpha value is -0.500. The van der Waals surface area contributed by atoms with E-state index < -0.39 is 19.9 Å². The van der Waals surface area contributed by atoms with E-state index in [-0.39, 0.29) is 26.2 Å². The molecule has 2 unspecified atom stereocenters. The third-order valence-electron chi connectivity index (χ3n) is 4.21. The highest BCUT2D eigenvalue weighted by molar-refractivity contribution is 7.45. The summed E-state index contributed by atoms with van der Waals surface area (Å²) >= 11 is 0. The minimum Gasteiger partial charge on any atom is -0.756 e. The topological polar surface area (TPSA) is 94.1 Å². The van der Waals surface area contributed by atoms with Crippen molar-refractivity contribution >= 4 is 13.8 Å². The molecule has 0 aliphatic carbocycles. The van der Waals surface area contributed by atoms with Crippen LogP contribution in [0.2, 0.25) is 0 Å². The largest absolute Gasteiger partial charge is 0.756 e. The lowest BCUT2D eigenvalue weighted by molar-refractivity contribution is -0.870. The lowest BCUT2D eigenvalue weighted by Gasteiger charge is -2.28. The molecule has 2 atom stereocenters. The molecular weight excluding hydrogens is 397 g/mol. The highest BCUT2D eigenvalue weighted by atomic mass is 31.2. The third-order valence-corrected chi connectivity index (χ3v) is 5.18. The second-order valence-electron chi connectivity index (χ2n) is 8.25. The van der Waals surface area contributed by atoms with E-state index in [0.717, 1.165) is 12.8 Å². The minimum atomic E-state index is -4.45. The Morgan fingerprint density at radius 1 is 0.931 bits per heavy atom. The van der Waals surface area contributed by atoms with Gasteiger partial charge in [0.25, 0.3) is 7.82 Å². The van der Waals surface area contributed by atoms with Crippen molar-refractivity contribution in [2.75, 3.05) is 54.1 Å². The van der Waals surface area contributed by atoms with Crippen LogP contribution in [0.1, 0.15) is 65.2 Å². The molecular formula is C20H42NO7P. The molecule has 9 heteroatoms. The van der Waals surface area contributed by atoms with Crippen LogP contribution >= 0.6 is 7.82 Å². The van der Waals surface area contributed by atoms with E-state index in [2.05, 4.69) is 6.92 Å². The Balaban J connectivity index is 4.18. The highest BCUT2D eigenvalue weighted by Gasteiger charge is 2.19. The van der Waals surface area contributed by atoms with Crippen LogP contribution in [-0.4, -0.2) is 70.7 Å². The number of unbranched alkanes of at least 4 members (excludes halogenated alkanes) is 6. The Morgan fingerprint density at radius 2 is 1.55 bits per heavy atom. The van der Waals surface area contributed by atoms with Crippen LogP contribution in [0, 0.1) is 0 Å². The minimum absolute atomic E-state index is 0.0262. The van der Waals surface area contributed by atoms with Crippen LogP contribution in [0.4, 0.5) is 0 Å². The van der Waals surface area contributed by atoms with Crippen molar-refractivity contribution < 1.29 is 37.3 Å². The summed E-state index contributed by atoms with van der Waals surface area (Å²) in [6, 6.07) is 0. The zero-order chi connectivity index (χ0) is 22.2. The number of hydrogen-bond donors (Lipinski definition) is 0. The maximum absolute atomic E-state index is 11.9. The molecule has 0 aromatic heterocycles. The molecule has 0 rings (SSSR count). The van der Waals surface area contributed by atoms with Gasteiger partial charge in [0.2, 0.25) is 0 Å². The maximum atomic E-state index is 11.9. The first-order chi connectivity index (χ1) is 13.6. The predicted molar refractivity (Wildman–Crippen MR) is 111 cm³/mol. The standard InChI is InChI=1S/C20H42NO7P/c1-6-8-9-10-11-12-13-15-25-17-19(28-20(22)7-2)18-27-29(23,24)26-16-14-21(3,4)5/h19H,6-18H2,1-5H3. The first-order valence-corrected chi connectivity index (χ1v) is 12.2. The Bertz CT molecular complexity index is 468. The Kier molecular flexibility index (Phi) is 15.9. The van der Waals surface area contributed by atoms with E-state index in [9.17, 15) is 14.3 Å². The lowest BCUT2D eigenvalue weighted by atomic mass is 10.1. The van der Waals surface area contributed by atoms with Gasteiger partial charge >= 0.3 is 5.97 Å². The van der Waals surface area contributed by atoms with Gasteiger partial charge in [0.1, 0.15) is 19.3 Å². The zero-order valence-corrected chi connectivity index (χ0v) is 19.9. The van der Waals surface area contributed by atoms with Crippen molar-refractivity contribution in [2.45, 2.75) is 71.3 Å². The fourth-order valence-corrected chi connectivity index (χ4v) is 3.13. The van der Waals surface area contributed by atoms with Crippen LogP contribution in [0.3, 0.4) is 0 Å². The summed E-state index contributed by atoms with van der Waals surface area (Å²) in [6.07, 6.45) is 7.65. The molecule has 0 aromatic rings. The fraction of sp³-hybridized carbons (Fsp3) is 0.950. The quantitative estimate of drug-likeness (QED) is 0.132. The molecule has 174 valence electrons. The van der Waals surface area contributed by atoms with Crippen molar-refractivity contribution in [3.05, 3.63) is 0 Å². The van der Waals surface area contributed by atoms with Gasteiger partial charge in [-0.2, -0.15) is 0 Å². The molecule has 0 aliphatic heterocycles. The molecule has 0 bridgehead atoms. The molecule has 0 fully saturated rings. The number of esters is 1. The normalized spacial score (nSPS) is 15.1. The van der Waals surface area contributed by atoms with Gasteiger partial charge in [0.05, 0.1) is 34.4 Å². The van der Waals surface area contributed by atoms with Crippen LogP contribution in [0.5, 0.6) is 0 Å². The second kappa shape index (κ2) is 16.2. The molecule has 0 radical (unpaired) electrons. The van der Waals surface area contributed by atoms with Crippen molar-refractivity contribution in [3.63, 3.8) is 0 Å². The van der Waals surface area contributed by atoms with Gasteiger partial charge in [-0.3, -0.25) is 9.36 Å². The second-order valence-corrected chi connectivity index (χ2v) is 9.66. The van der Waals surface area contributed by atoms with E-state index in [1.165, 1.54) is 32.1 Å². The number of likely N-dealkylation sites (N-methyl/N-ethyl adjacent to an activating group) is 1. The number of carbonyl (C=O) groups excluding carboxylic acids is 1. The molecule has 29 heavy (non-hydrogen) atoms. The monoisotopic (exact) mass is 439 g/mol. The van der Waals surface area contributed by atoms with Gasteiger partial charge < -0.3 is 27.9 Å². The van der Waals surface area contributed by atoms with Crippen LogP contribution in [0.15, 0.2) is 0 Å². The molecule has 0 spiro atoms. The van der Waals surface area contributed by atoms with Gasteiger partial charge in [-0.15, -0.1) is 0 Å². The molecule has 0 aromatic carbocycles. The van der Waals surface area contributed by atoms with E-state index in [1.54, 1.807) is 6.92 Å². The van der Waals surface area contributed by atoms with Crippen molar-refractivity contribution in [1.82, 2.24) is 0 Å². The number of nitrogens with zero attached hydrogens (tertiary/aromatic N) is 1. The molecule has 0 amide bonds. The molecule has 0 saturated heterocycles. The first-order valence-electron chi connectivity index (χ1n) is 10.8. The van der Waals surface area contributed by atoms with Gasteiger partial charge in [0, 0.05) is 13.0 Å². The molecule has 0 N–H and O–H groups in total. The number of hydrogen-bond acceptors (Lipinski definition) is 7. The molecule has 0 saturated carbocycles. The van der Waals surface area contributed by atoms with Gasteiger partial charge in [-0.25, -0.2) is 0 Å². The van der Waals surface area contributed by atoms with Crippen molar-refractivity contribution in [1.29, 1.82) is 0 Å². The van der Waals surface area contributed by atoms with Gasteiger partial charge in [-0.05, 0) is 6.42 Å². The van der Waals surface area contributed by atoms with Gasteiger partial charge in [0.15, 0.2) is 0 Å². The number of phosphoric acid groups is 1. The zero-order valence-electron chi connectivity index (χ0n) is 19.0. The fourth-order valence-electron chi connectivity index (χ4n) is 2.40. The predicted octanol–water partition coefficient (Wildman–Crippen LogP) is 3.28. The van der Waals surface area contributed by atoms with E-state index in [1.807, 2.05) is 21.1 Å². The molecule has 0 aliphatic rings. The van der Waals surface area contributed by atoms with E-state index >= 15 is 0 Å². The SMILES string of the molecule is CCCCCCCCCOCC(COP(=O)([O-])OCC[N+](C)(C)C)OC(=O)CC. The lowest BCUT2D eigenvalue weighted by Crippen LogP contribution is -2.37. The Labute approximate surface area is 177 Å². The molecule has 8 nitrogen and oxygen atoms in total. The Morgan fingerprint density at radius 3 is 2.14 bits per heavy atom. The number of phosphoric ester groups is 1. The number of ether oxygens (including phenoxy) is 2. The molecule has 0 heterocycles. The number of quaternary nitrogens is 1. The highest BCUT2D eigenvalue weighted by Crippen LogP contribution is 2.38.